The van der Waals surface area contributed by atoms with Gasteiger partial charge in [-0.1, -0.05) is 0 Å². The van der Waals surface area contributed by atoms with Crippen LogP contribution in [-0.4, -0.2) is 32.5 Å². The molecule has 0 aromatic carbocycles. The highest BCUT2D eigenvalue weighted by Crippen LogP contribution is 2.57. The molecule has 0 atom stereocenters. The number of carbonyl (C=O) groups is 1. The topological polar surface area (TPSA) is 117 Å². The largest absolute Gasteiger partial charge is 0.501 e. The Bertz CT molecular complexity index is 692. The fraction of sp³-hybridized carbons (Fsp3) is 0.308. The third-order valence-corrected chi connectivity index (χ3v) is 5.06. The highest BCUT2D eigenvalue weighted by atomic mass is 32.3. The molecule has 8 nitrogen and oxygen atoms in total. The van der Waals surface area contributed by atoms with Crippen molar-refractivity contribution < 1.29 is 32.6 Å². The summed E-state index contributed by atoms with van der Waals surface area (Å²) in [7, 11) is -3.06. The predicted molar refractivity (Wildman–Crippen MR) is 79.1 cm³/mol. The molecule has 0 aliphatic carbocycles. The van der Waals surface area contributed by atoms with Crippen molar-refractivity contribution >= 4 is 22.6 Å². The first kappa shape index (κ1) is 14.8. The first-order chi connectivity index (χ1) is 10.4. The van der Waals surface area contributed by atoms with Crippen LogP contribution in [0.15, 0.2) is 27.2 Å². The van der Waals surface area contributed by atoms with E-state index >= 15 is 0 Å². The highest BCUT2D eigenvalue weighted by molar-refractivity contribution is 8.25. The monoisotopic (exact) mass is 329 g/mol. The molecule has 120 valence electrons. The Balaban J connectivity index is 2.12. The van der Waals surface area contributed by atoms with Crippen molar-refractivity contribution in [2.24, 2.45) is 0 Å². The van der Waals surface area contributed by atoms with Gasteiger partial charge in [-0.15, -0.1) is 10.8 Å². The normalized spacial score (nSPS) is 18.4. The van der Waals surface area contributed by atoms with Gasteiger partial charge in [0, 0.05) is 13.5 Å². The molecular weight excluding hydrogens is 314 g/mol. The van der Waals surface area contributed by atoms with Crippen LogP contribution in [0.5, 0.6) is 11.5 Å². The minimum Gasteiger partial charge on any atom is -0.501 e. The van der Waals surface area contributed by atoms with E-state index in [2.05, 4.69) is 0 Å². The van der Waals surface area contributed by atoms with E-state index in [1.165, 1.54) is 17.5 Å². The summed E-state index contributed by atoms with van der Waals surface area (Å²) in [6.07, 6.45) is 1.94. The number of nitrogens with zero attached hydrogens (tertiary/aromatic N) is 1. The number of esters is 1. The lowest BCUT2D eigenvalue weighted by Crippen LogP contribution is -2.22. The average molecular weight is 329 g/mol. The van der Waals surface area contributed by atoms with Crippen molar-refractivity contribution in [1.29, 1.82) is 0 Å². The Kier molecular flexibility index (Phi) is 3.55. The van der Waals surface area contributed by atoms with Gasteiger partial charge in [0.05, 0.1) is 12.0 Å². The Morgan fingerprint density at radius 1 is 1.45 bits per heavy atom. The van der Waals surface area contributed by atoms with E-state index < -0.39 is 22.5 Å². The zero-order valence-electron chi connectivity index (χ0n) is 11.7. The van der Waals surface area contributed by atoms with Crippen molar-refractivity contribution in [3.63, 3.8) is 0 Å². The minimum absolute atomic E-state index is 0.0432. The van der Waals surface area contributed by atoms with Crippen LogP contribution in [-0.2, 0) is 4.79 Å². The number of hydrogen-bond acceptors (Lipinski definition) is 8. The Morgan fingerprint density at radius 2 is 2.23 bits per heavy atom. The fourth-order valence-electron chi connectivity index (χ4n) is 2.26. The Labute approximate surface area is 127 Å². The molecule has 22 heavy (non-hydrogen) atoms. The van der Waals surface area contributed by atoms with E-state index in [1.54, 1.807) is 12.1 Å². The summed E-state index contributed by atoms with van der Waals surface area (Å²) in [4.78, 5) is 11.3. The van der Waals surface area contributed by atoms with Gasteiger partial charge in [-0.25, -0.2) is 4.31 Å². The molecule has 1 aliphatic rings. The predicted octanol–water partition coefficient (Wildman–Crippen LogP) is 3.05. The van der Waals surface area contributed by atoms with Gasteiger partial charge in [0.1, 0.15) is 0 Å². The number of hydrogen-bond donors (Lipinski definition) is 3. The number of anilines is 1. The molecule has 1 fully saturated rings. The van der Waals surface area contributed by atoms with Gasteiger partial charge in [0.2, 0.25) is 17.3 Å². The van der Waals surface area contributed by atoms with Crippen molar-refractivity contribution in [3.8, 4) is 23.0 Å². The van der Waals surface area contributed by atoms with E-state index in [4.69, 9.17) is 13.6 Å². The molecule has 0 unspecified atom stereocenters. The maximum Gasteiger partial charge on any atom is 0.308 e. The SMILES string of the molecule is CC(=O)Oc1c(N2CCCS2(O)O)oc(-c2ccco2)c1O. The molecule has 2 aromatic heterocycles. The summed E-state index contributed by atoms with van der Waals surface area (Å²) in [5.74, 6) is -1.07. The molecule has 3 heterocycles. The number of carbonyl (C=O) groups excluding carboxylic acids is 1. The molecule has 9 heteroatoms. The summed E-state index contributed by atoms with van der Waals surface area (Å²) in [6.45, 7) is 1.48. The molecule has 0 saturated carbocycles. The van der Waals surface area contributed by atoms with E-state index in [-0.39, 0.29) is 28.9 Å². The van der Waals surface area contributed by atoms with Gasteiger partial charge < -0.3 is 18.7 Å². The minimum atomic E-state index is -3.06. The Morgan fingerprint density at radius 3 is 2.77 bits per heavy atom. The first-order valence-electron chi connectivity index (χ1n) is 6.52. The first-order valence-corrected chi connectivity index (χ1v) is 8.19. The summed E-state index contributed by atoms with van der Waals surface area (Å²) in [5, 5.41) is 10.2. The third kappa shape index (κ3) is 2.43. The summed E-state index contributed by atoms with van der Waals surface area (Å²) < 4.78 is 37.0. The highest BCUT2D eigenvalue weighted by Gasteiger charge is 2.37. The van der Waals surface area contributed by atoms with E-state index in [1.807, 2.05) is 0 Å². The smallest absolute Gasteiger partial charge is 0.308 e. The van der Waals surface area contributed by atoms with Crippen LogP contribution in [0.3, 0.4) is 0 Å². The lowest BCUT2D eigenvalue weighted by Gasteiger charge is -2.36. The van der Waals surface area contributed by atoms with Crippen LogP contribution in [0.2, 0.25) is 0 Å². The summed E-state index contributed by atoms with van der Waals surface area (Å²) in [6, 6.07) is 3.16. The average Bonchev–Trinajstić information content (AvgIpc) is 3.11. The molecule has 0 radical (unpaired) electrons. The van der Waals surface area contributed by atoms with Gasteiger partial charge >= 0.3 is 5.97 Å². The maximum absolute atomic E-state index is 11.3. The second-order valence-corrected chi connectivity index (χ2v) is 6.89. The van der Waals surface area contributed by atoms with Crippen LogP contribution in [0.25, 0.3) is 11.5 Å². The maximum atomic E-state index is 11.3. The van der Waals surface area contributed by atoms with Crippen molar-refractivity contribution in [1.82, 2.24) is 0 Å². The molecule has 2 aromatic rings. The number of aromatic hydroxyl groups is 1. The second-order valence-electron chi connectivity index (χ2n) is 4.78. The number of ether oxygens (including phenoxy) is 1. The van der Waals surface area contributed by atoms with Crippen LogP contribution in [0.1, 0.15) is 13.3 Å². The molecule has 0 spiro atoms. The van der Waals surface area contributed by atoms with Gasteiger partial charge in [-0.05, 0) is 18.6 Å². The number of rotatable bonds is 3. The van der Waals surface area contributed by atoms with Crippen molar-refractivity contribution in [2.75, 3.05) is 16.6 Å². The van der Waals surface area contributed by atoms with Gasteiger partial charge in [0.25, 0.3) is 5.88 Å². The van der Waals surface area contributed by atoms with E-state index in [0.717, 1.165) is 0 Å². The number of furan rings is 2. The van der Waals surface area contributed by atoms with Crippen LogP contribution >= 0.6 is 10.8 Å². The molecular formula is C13H15NO7S. The second kappa shape index (κ2) is 5.27. The van der Waals surface area contributed by atoms with Gasteiger partial charge in [-0.2, -0.15) is 0 Å². The third-order valence-electron chi connectivity index (χ3n) is 3.17. The molecule has 3 rings (SSSR count). The molecule has 3 N–H and O–H groups in total. The molecule has 1 aliphatic heterocycles. The zero-order valence-corrected chi connectivity index (χ0v) is 12.5. The summed E-state index contributed by atoms with van der Waals surface area (Å²) in [5.41, 5.74) is 0. The van der Waals surface area contributed by atoms with Crippen LogP contribution in [0.4, 0.5) is 5.88 Å². The quantitative estimate of drug-likeness (QED) is 0.736. The van der Waals surface area contributed by atoms with Crippen molar-refractivity contribution in [3.05, 3.63) is 18.4 Å². The van der Waals surface area contributed by atoms with Crippen LogP contribution in [0, 0.1) is 0 Å². The van der Waals surface area contributed by atoms with Crippen LogP contribution < -0.4 is 9.04 Å². The standard InChI is InChI=1S/C13H15NO7S/c1-8(15)20-12-10(16)11(9-4-2-6-19-9)21-13(12)14-5-3-7-22(14,17)18/h2,4,6,16-18H,3,5,7H2,1H3. The fourth-order valence-corrected chi connectivity index (χ4v) is 3.81. The van der Waals surface area contributed by atoms with E-state index in [9.17, 15) is 19.0 Å². The lowest BCUT2D eigenvalue weighted by molar-refractivity contribution is -0.132. The lowest BCUT2D eigenvalue weighted by atomic mass is 10.3. The molecule has 0 bridgehead atoms. The van der Waals surface area contributed by atoms with E-state index in [0.29, 0.717) is 13.0 Å². The molecule has 0 amide bonds. The van der Waals surface area contributed by atoms with Crippen molar-refractivity contribution in [2.45, 2.75) is 13.3 Å². The summed E-state index contributed by atoms with van der Waals surface area (Å²) >= 11 is 0. The molecule has 1 saturated heterocycles. The zero-order chi connectivity index (χ0) is 15.9. The van der Waals surface area contributed by atoms with Gasteiger partial charge in [0.15, 0.2) is 5.76 Å². The Hall–Kier alpha value is -2.10. The van der Waals surface area contributed by atoms with Gasteiger partial charge in [-0.3, -0.25) is 13.9 Å².